The monoisotopic (exact) mass is 395 g/mol. The van der Waals surface area contributed by atoms with E-state index in [1.807, 2.05) is 15.6 Å². The van der Waals surface area contributed by atoms with Crippen molar-refractivity contribution in [1.82, 2.24) is 9.78 Å². The molecule has 0 atom stereocenters. The van der Waals surface area contributed by atoms with Gasteiger partial charge in [0.05, 0.1) is 37.7 Å². The van der Waals surface area contributed by atoms with Crippen LogP contribution in [0, 0.1) is 11.3 Å². The maximum absolute atomic E-state index is 8.92. The van der Waals surface area contributed by atoms with E-state index in [-0.39, 0.29) is 0 Å². The van der Waals surface area contributed by atoms with Crippen molar-refractivity contribution in [2.24, 2.45) is 0 Å². The molecule has 1 aromatic heterocycles. The van der Waals surface area contributed by atoms with Crippen LogP contribution >= 0.6 is 0 Å². The largest absolute Gasteiger partial charge is 0.330 e. The number of aromatic nitrogens is 2. The first-order chi connectivity index (χ1) is 14.3. The maximum atomic E-state index is 8.92. The van der Waals surface area contributed by atoms with Gasteiger partial charge in [0, 0.05) is 24.6 Å². The molecule has 0 bridgehead atoms. The molecule has 6 nitrogen and oxygen atoms in total. The summed E-state index contributed by atoms with van der Waals surface area (Å²) in [6, 6.07) is 12.7. The van der Waals surface area contributed by atoms with Crippen LogP contribution in [0.4, 0.5) is 0 Å². The highest BCUT2D eigenvalue weighted by Gasteiger charge is 2.26. The quantitative estimate of drug-likeness (QED) is 0.506. The molecule has 6 heteroatoms. The first kappa shape index (κ1) is 20.1. The lowest BCUT2D eigenvalue weighted by atomic mass is 10.1. The van der Waals surface area contributed by atoms with Gasteiger partial charge in [0.2, 0.25) is 0 Å². The Labute approximate surface area is 174 Å². The zero-order valence-corrected chi connectivity index (χ0v) is 17.5. The van der Waals surface area contributed by atoms with Crippen molar-refractivity contribution >= 4 is 0 Å². The highest BCUT2D eigenvalue weighted by atomic mass is 15.3. The van der Waals surface area contributed by atoms with Gasteiger partial charge in [-0.25, -0.2) is 0 Å². The molecule has 2 aliphatic rings. The number of likely N-dealkylation sites (tertiary alicyclic amines) is 1. The van der Waals surface area contributed by atoms with Crippen LogP contribution in [-0.2, 0) is 13.1 Å². The SMILES string of the molecule is N#CCCn1cc(C[NH+]2CC[NH+](CC[NH+]3CCCC3)CC2)c(-c2ccccc2)n1. The number of nitrogens with zero attached hydrogens (tertiary/aromatic N) is 3. The molecule has 0 radical (unpaired) electrons. The Kier molecular flexibility index (Phi) is 6.94. The molecule has 3 N–H and O–H groups in total. The van der Waals surface area contributed by atoms with E-state index in [1.54, 1.807) is 9.80 Å². The summed E-state index contributed by atoms with van der Waals surface area (Å²) in [5.74, 6) is 0. The number of quaternary nitrogens is 3. The van der Waals surface area contributed by atoms with Crippen LogP contribution in [-0.4, -0.2) is 62.1 Å². The minimum Gasteiger partial charge on any atom is -0.330 e. The molecule has 2 saturated heterocycles. The number of benzene rings is 1. The van der Waals surface area contributed by atoms with Gasteiger partial charge in [-0.1, -0.05) is 30.3 Å². The Bertz CT molecular complexity index is 795. The molecular weight excluding hydrogens is 360 g/mol. The van der Waals surface area contributed by atoms with Gasteiger partial charge in [-0.2, -0.15) is 10.4 Å². The van der Waals surface area contributed by atoms with Crippen LogP contribution < -0.4 is 14.7 Å². The number of rotatable bonds is 8. The Hall–Kier alpha value is -2.20. The summed E-state index contributed by atoms with van der Waals surface area (Å²) in [5.41, 5.74) is 3.58. The van der Waals surface area contributed by atoms with E-state index in [0.29, 0.717) is 13.0 Å². The third-order valence-electron chi connectivity index (χ3n) is 6.58. The standard InChI is InChI=1S/C23H32N6/c24-9-6-12-29-20-22(23(25-29)21-7-2-1-3-8-21)19-28-17-15-27(16-18-28)14-13-26-10-4-5-11-26/h1-3,7-8,20H,4-6,10-19H2/p+3. The van der Waals surface area contributed by atoms with Gasteiger partial charge in [-0.3, -0.25) is 4.68 Å². The van der Waals surface area contributed by atoms with Crippen LogP contribution in [0.25, 0.3) is 11.3 Å². The average Bonchev–Trinajstić information content (AvgIpc) is 3.42. The second-order valence-corrected chi connectivity index (χ2v) is 8.67. The Morgan fingerprint density at radius 2 is 1.55 bits per heavy atom. The third kappa shape index (κ3) is 5.45. The fraction of sp³-hybridized carbons (Fsp3) is 0.565. The van der Waals surface area contributed by atoms with Crippen LogP contribution in [0.2, 0.25) is 0 Å². The fourth-order valence-electron chi connectivity index (χ4n) is 4.84. The normalized spacial score (nSPS) is 22.6. The zero-order chi connectivity index (χ0) is 19.9. The van der Waals surface area contributed by atoms with Crippen LogP contribution in [0.1, 0.15) is 24.8 Å². The second-order valence-electron chi connectivity index (χ2n) is 8.67. The Balaban J connectivity index is 1.35. The Morgan fingerprint density at radius 3 is 2.24 bits per heavy atom. The maximum Gasteiger partial charge on any atom is 0.127 e. The molecule has 3 heterocycles. The van der Waals surface area contributed by atoms with Crippen LogP contribution in [0.3, 0.4) is 0 Å². The summed E-state index contributed by atoms with van der Waals surface area (Å²) < 4.78 is 1.96. The van der Waals surface area contributed by atoms with E-state index in [4.69, 9.17) is 10.4 Å². The van der Waals surface area contributed by atoms with Crippen LogP contribution in [0.15, 0.2) is 36.5 Å². The molecule has 0 unspecified atom stereocenters. The predicted octanol–water partition coefficient (Wildman–Crippen LogP) is -1.57. The number of piperazine rings is 1. The number of nitriles is 1. The van der Waals surface area contributed by atoms with Gasteiger partial charge < -0.3 is 14.7 Å². The van der Waals surface area contributed by atoms with Crippen molar-refractivity contribution in [2.75, 3.05) is 52.4 Å². The molecule has 4 rings (SSSR count). The summed E-state index contributed by atoms with van der Waals surface area (Å²) in [5, 5.41) is 13.7. The Morgan fingerprint density at radius 1 is 0.897 bits per heavy atom. The highest BCUT2D eigenvalue weighted by Crippen LogP contribution is 2.21. The molecule has 154 valence electrons. The highest BCUT2D eigenvalue weighted by molar-refractivity contribution is 5.62. The summed E-state index contributed by atoms with van der Waals surface area (Å²) in [4.78, 5) is 5.28. The van der Waals surface area contributed by atoms with Crippen molar-refractivity contribution in [3.63, 3.8) is 0 Å². The van der Waals surface area contributed by atoms with Gasteiger partial charge in [-0.15, -0.1) is 0 Å². The van der Waals surface area contributed by atoms with Gasteiger partial charge in [0.1, 0.15) is 51.5 Å². The van der Waals surface area contributed by atoms with Gasteiger partial charge in [0.15, 0.2) is 0 Å². The molecule has 0 saturated carbocycles. The molecule has 2 fully saturated rings. The molecule has 0 aliphatic carbocycles. The van der Waals surface area contributed by atoms with Crippen molar-refractivity contribution in [2.45, 2.75) is 32.4 Å². The lowest BCUT2D eigenvalue weighted by Gasteiger charge is -2.30. The van der Waals surface area contributed by atoms with Crippen LogP contribution in [0.5, 0.6) is 0 Å². The van der Waals surface area contributed by atoms with Crippen molar-refractivity contribution in [3.8, 4) is 17.3 Å². The third-order valence-corrected chi connectivity index (χ3v) is 6.58. The van der Waals surface area contributed by atoms with E-state index in [1.165, 1.54) is 76.3 Å². The number of aryl methyl sites for hydroxylation is 1. The second kappa shape index (κ2) is 10.0. The van der Waals surface area contributed by atoms with E-state index < -0.39 is 0 Å². The first-order valence-electron chi connectivity index (χ1n) is 11.3. The summed E-state index contributed by atoms with van der Waals surface area (Å²) in [7, 11) is 0. The number of hydrogen-bond donors (Lipinski definition) is 3. The lowest BCUT2D eigenvalue weighted by Crippen LogP contribution is -3.29. The van der Waals surface area contributed by atoms with Crippen molar-refractivity contribution in [3.05, 3.63) is 42.1 Å². The van der Waals surface area contributed by atoms with Gasteiger partial charge in [0.25, 0.3) is 0 Å². The summed E-state index contributed by atoms with van der Waals surface area (Å²) in [6.45, 7) is 12.2. The van der Waals surface area contributed by atoms with Crippen molar-refractivity contribution in [1.29, 1.82) is 5.26 Å². The molecule has 0 spiro atoms. The topological polar surface area (TPSA) is 54.9 Å². The molecule has 29 heavy (non-hydrogen) atoms. The average molecular weight is 396 g/mol. The molecule has 0 amide bonds. The van der Waals surface area contributed by atoms with E-state index >= 15 is 0 Å². The predicted molar refractivity (Wildman–Crippen MR) is 113 cm³/mol. The number of nitrogens with one attached hydrogen (secondary N) is 3. The molecule has 2 aromatic rings. The van der Waals surface area contributed by atoms with Crippen molar-refractivity contribution < 1.29 is 14.7 Å². The fourth-order valence-corrected chi connectivity index (χ4v) is 4.84. The molecular formula is C23H35N6+3. The number of hydrogen-bond acceptors (Lipinski definition) is 2. The minimum atomic E-state index is 0.503. The van der Waals surface area contributed by atoms with E-state index in [9.17, 15) is 0 Å². The smallest absolute Gasteiger partial charge is 0.127 e. The van der Waals surface area contributed by atoms with Gasteiger partial charge >= 0.3 is 0 Å². The van der Waals surface area contributed by atoms with E-state index in [0.717, 1.165) is 12.2 Å². The molecule has 2 aliphatic heterocycles. The minimum absolute atomic E-state index is 0.503. The summed E-state index contributed by atoms with van der Waals surface area (Å²) >= 11 is 0. The van der Waals surface area contributed by atoms with E-state index in [2.05, 4.69) is 36.5 Å². The first-order valence-corrected chi connectivity index (χ1v) is 11.3. The van der Waals surface area contributed by atoms with Gasteiger partial charge in [-0.05, 0) is 0 Å². The zero-order valence-electron chi connectivity index (χ0n) is 17.5. The lowest BCUT2D eigenvalue weighted by molar-refractivity contribution is -1.03. The molecule has 1 aromatic carbocycles. The summed E-state index contributed by atoms with van der Waals surface area (Å²) in [6.07, 6.45) is 5.52.